The average Bonchev–Trinajstić information content (AvgIpc) is 3.02. The van der Waals surface area contributed by atoms with Crippen LogP contribution in [0, 0.1) is 0 Å². The molecule has 2 amide bonds. The van der Waals surface area contributed by atoms with Crippen molar-refractivity contribution in [2.45, 2.75) is 39.2 Å². The molecule has 8 heteroatoms. The van der Waals surface area contributed by atoms with E-state index in [9.17, 15) is 14.4 Å². The number of nitrogens with one attached hydrogen (secondary N) is 3. The predicted octanol–water partition coefficient (Wildman–Crippen LogP) is 2.28. The number of H-pyrrole nitrogens is 1. The molecule has 0 aliphatic carbocycles. The van der Waals surface area contributed by atoms with Gasteiger partial charge in [0.25, 0.3) is 5.91 Å². The molecule has 152 valence electrons. The highest BCUT2D eigenvalue weighted by atomic mass is 16.6. The summed E-state index contributed by atoms with van der Waals surface area (Å²) in [5, 5.41) is 6.30. The molecule has 0 unspecified atom stereocenters. The van der Waals surface area contributed by atoms with Crippen LogP contribution in [0.25, 0.3) is 10.9 Å². The van der Waals surface area contributed by atoms with Crippen LogP contribution in [0.3, 0.4) is 0 Å². The summed E-state index contributed by atoms with van der Waals surface area (Å²) in [5.74, 6) is -0.934. The average molecular weight is 389 g/mol. The summed E-state index contributed by atoms with van der Waals surface area (Å²) in [6.07, 6.45) is 1.95. The lowest BCUT2D eigenvalue weighted by atomic mass is 10.1. The van der Waals surface area contributed by atoms with Gasteiger partial charge in [0.1, 0.15) is 5.60 Å². The molecule has 1 aromatic carbocycles. The minimum absolute atomic E-state index is 0.0398. The fraction of sp³-hybridized carbons (Fsp3) is 0.450. The number of para-hydroxylation sites is 1. The topological polar surface area (TPSA) is 110 Å². The Labute approximate surface area is 164 Å². The van der Waals surface area contributed by atoms with Gasteiger partial charge in [-0.2, -0.15) is 0 Å². The van der Waals surface area contributed by atoms with Crippen molar-refractivity contribution in [3.8, 4) is 0 Å². The molecule has 0 aliphatic rings. The first-order valence-corrected chi connectivity index (χ1v) is 9.19. The van der Waals surface area contributed by atoms with E-state index in [1.807, 2.05) is 30.5 Å². The number of aromatic nitrogens is 1. The van der Waals surface area contributed by atoms with Crippen molar-refractivity contribution in [1.82, 2.24) is 15.6 Å². The van der Waals surface area contributed by atoms with Crippen LogP contribution in [-0.2, 0) is 25.5 Å². The summed E-state index contributed by atoms with van der Waals surface area (Å²) >= 11 is 0. The number of ether oxygens (including phenoxy) is 2. The Morgan fingerprint density at radius 2 is 1.82 bits per heavy atom. The van der Waals surface area contributed by atoms with E-state index in [0.29, 0.717) is 13.0 Å². The number of hydrogen-bond acceptors (Lipinski definition) is 5. The van der Waals surface area contributed by atoms with Gasteiger partial charge in [-0.1, -0.05) is 18.2 Å². The van der Waals surface area contributed by atoms with Crippen molar-refractivity contribution in [3.05, 3.63) is 36.0 Å². The van der Waals surface area contributed by atoms with Gasteiger partial charge in [-0.15, -0.1) is 0 Å². The van der Waals surface area contributed by atoms with Crippen molar-refractivity contribution < 1.29 is 23.9 Å². The maximum atomic E-state index is 11.8. The van der Waals surface area contributed by atoms with Gasteiger partial charge in [-0.3, -0.25) is 9.59 Å². The number of amides is 2. The number of carbonyl (C=O) groups is 3. The molecule has 0 bridgehead atoms. The number of fused-ring (bicyclic) bond motifs is 1. The van der Waals surface area contributed by atoms with Gasteiger partial charge in [0.15, 0.2) is 6.61 Å². The lowest BCUT2D eigenvalue weighted by Crippen LogP contribution is -2.34. The van der Waals surface area contributed by atoms with Gasteiger partial charge in [0, 0.05) is 30.2 Å². The fourth-order valence-corrected chi connectivity index (χ4v) is 2.53. The van der Waals surface area contributed by atoms with Gasteiger partial charge >= 0.3 is 12.1 Å². The lowest BCUT2D eigenvalue weighted by Gasteiger charge is -2.19. The monoisotopic (exact) mass is 389 g/mol. The van der Waals surface area contributed by atoms with E-state index in [1.54, 1.807) is 20.8 Å². The number of esters is 1. The Kier molecular flexibility index (Phi) is 7.43. The third kappa shape index (κ3) is 7.30. The molecule has 0 aliphatic heterocycles. The first-order valence-electron chi connectivity index (χ1n) is 9.19. The Hall–Kier alpha value is -3.03. The molecule has 1 heterocycles. The van der Waals surface area contributed by atoms with Crippen LogP contribution in [0.1, 0.15) is 32.8 Å². The van der Waals surface area contributed by atoms with Crippen LogP contribution in [0.5, 0.6) is 0 Å². The van der Waals surface area contributed by atoms with Crippen LogP contribution in [0.4, 0.5) is 4.79 Å². The summed E-state index contributed by atoms with van der Waals surface area (Å²) in [6.45, 7) is 5.42. The third-order valence-electron chi connectivity index (χ3n) is 3.75. The van der Waals surface area contributed by atoms with E-state index in [4.69, 9.17) is 9.47 Å². The zero-order valence-electron chi connectivity index (χ0n) is 16.5. The van der Waals surface area contributed by atoms with Crippen molar-refractivity contribution >= 4 is 28.9 Å². The van der Waals surface area contributed by atoms with Crippen molar-refractivity contribution in [3.63, 3.8) is 0 Å². The van der Waals surface area contributed by atoms with Crippen molar-refractivity contribution in [2.75, 3.05) is 19.7 Å². The van der Waals surface area contributed by atoms with Crippen LogP contribution >= 0.6 is 0 Å². The lowest BCUT2D eigenvalue weighted by molar-refractivity contribution is -0.148. The molecule has 1 aromatic heterocycles. The van der Waals surface area contributed by atoms with Crippen LogP contribution < -0.4 is 10.6 Å². The maximum absolute atomic E-state index is 11.8. The number of carbonyl (C=O) groups excluding carboxylic acids is 3. The predicted molar refractivity (Wildman–Crippen MR) is 105 cm³/mol. The van der Waals surface area contributed by atoms with Gasteiger partial charge in [-0.25, -0.2) is 4.79 Å². The van der Waals surface area contributed by atoms with Gasteiger partial charge in [0.05, 0.1) is 6.42 Å². The van der Waals surface area contributed by atoms with E-state index in [1.165, 1.54) is 0 Å². The fourth-order valence-electron chi connectivity index (χ4n) is 2.53. The number of benzene rings is 1. The highest BCUT2D eigenvalue weighted by molar-refractivity contribution is 5.83. The highest BCUT2D eigenvalue weighted by Gasteiger charge is 2.16. The Balaban J connectivity index is 1.59. The number of alkyl carbamates (subject to hydrolysis) is 1. The largest absolute Gasteiger partial charge is 0.456 e. The molecule has 0 atom stereocenters. The maximum Gasteiger partial charge on any atom is 0.407 e. The normalized spacial score (nSPS) is 11.1. The van der Waals surface area contributed by atoms with Gasteiger partial charge < -0.3 is 25.1 Å². The van der Waals surface area contributed by atoms with E-state index >= 15 is 0 Å². The molecule has 28 heavy (non-hydrogen) atoms. The minimum Gasteiger partial charge on any atom is -0.456 e. The molecule has 0 saturated carbocycles. The van der Waals surface area contributed by atoms with Crippen LogP contribution in [0.2, 0.25) is 0 Å². The second kappa shape index (κ2) is 9.77. The zero-order valence-corrected chi connectivity index (χ0v) is 16.5. The van der Waals surface area contributed by atoms with Crippen molar-refractivity contribution in [2.24, 2.45) is 0 Å². The van der Waals surface area contributed by atoms with E-state index in [2.05, 4.69) is 15.6 Å². The summed E-state index contributed by atoms with van der Waals surface area (Å²) in [6, 6.07) is 7.95. The SMILES string of the molecule is CC(C)(C)OC(=O)NCCC(=O)OCC(=O)NCCc1c[nH]c2ccccc12. The molecule has 0 radical (unpaired) electrons. The first kappa shape index (κ1) is 21.3. The zero-order chi connectivity index (χ0) is 20.6. The van der Waals surface area contributed by atoms with Gasteiger partial charge in [0.2, 0.25) is 0 Å². The van der Waals surface area contributed by atoms with E-state index in [-0.39, 0.29) is 25.5 Å². The standard InChI is InChI=1S/C20H27N3O5/c1-20(2,3)28-19(26)22-11-9-18(25)27-13-17(24)21-10-8-14-12-23-16-7-5-4-6-15(14)16/h4-7,12,23H,8-11,13H2,1-3H3,(H,21,24)(H,22,26). The van der Waals surface area contributed by atoms with Gasteiger partial charge in [-0.05, 0) is 38.8 Å². The molecule has 0 fully saturated rings. The molecule has 0 saturated heterocycles. The minimum atomic E-state index is -0.602. The Morgan fingerprint density at radius 1 is 1.07 bits per heavy atom. The smallest absolute Gasteiger partial charge is 0.407 e. The molecule has 0 spiro atoms. The third-order valence-corrected chi connectivity index (χ3v) is 3.75. The molecule has 2 aromatic rings. The van der Waals surface area contributed by atoms with E-state index in [0.717, 1.165) is 16.5 Å². The second-order valence-electron chi connectivity index (χ2n) is 7.30. The van der Waals surface area contributed by atoms with Crippen LogP contribution in [-0.4, -0.2) is 48.3 Å². The molecular formula is C20H27N3O5. The number of aromatic amines is 1. The Bertz CT molecular complexity index is 823. The molecule has 3 N–H and O–H groups in total. The van der Waals surface area contributed by atoms with E-state index < -0.39 is 17.7 Å². The molecule has 8 nitrogen and oxygen atoms in total. The molecule has 2 rings (SSSR count). The number of rotatable bonds is 8. The summed E-state index contributed by atoms with van der Waals surface area (Å²) in [4.78, 5) is 38.1. The summed E-state index contributed by atoms with van der Waals surface area (Å²) in [7, 11) is 0. The molecular weight excluding hydrogens is 362 g/mol. The van der Waals surface area contributed by atoms with Crippen LogP contribution in [0.15, 0.2) is 30.5 Å². The number of hydrogen-bond donors (Lipinski definition) is 3. The summed E-state index contributed by atoms with van der Waals surface area (Å²) in [5.41, 5.74) is 1.56. The second-order valence-corrected chi connectivity index (χ2v) is 7.30. The highest BCUT2D eigenvalue weighted by Crippen LogP contribution is 2.17. The quantitative estimate of drug-likeness (QED) is 0.600. The van der Waals surface area contributed by atoms with Crippen molar-refractivity contribution in [1.29, 1.82) is 0 Å². The first-order chi connectivity index (χ1) is 13.2. The Morgan fingerprint density at radius 3 is 2.57 bits per heavy atom. The summed E-state index contributed by atoms with van der Waals surface area (Å²) < 4.78 is 9.95.